The van der Waals surface area contributed by atoms with Gasteiger partial charge in [0.15, 0.2) is 5.78 Å². The van der Waals surface area contributed by atoms with Crippen LogP contribution >= 0.6 is 11.6 Å². The Labute approximate surface area is 93.3 Å². The van der Waals surface area contributed by atoms with Crippen LogP contribution in [0.1, 0.15) is 10.4 Å². The first-order valence-electron chi connectivity index (χ1n) is 4.14. The quantitative estimate of drug-likeness (QED) is 0.638. The van der Waals surface area contributed by atoms with Gasteiger partial charge in [-0.2, -0.15) is 0 Å². The largest absolute Gasteiger partial charge is 0.293 e. The number of alkyl halides is 1. The highest BCUT2D eigenvalue weighted by molar-refractivity contribution is 7.89. The topological polar surface area (TPSA) is 63.2 Å². The maximum absolute atomic E-state index is 11.3. The summed E-state index contributed by atoms with van der Waals surface area (Å²) in [5.74, 6) is -0.344. The Morgan fingerprint density at radius 1 is 1.33 bits per heavy atom. The molecule has 0 aliphatic carbocycles. The number of halogens is 1. The molecule has 0 amide bonds. The van der Waals surface area contributed by atoms with Crippen molar-refractivity contribution in [2.75, 3.05) is 12.9 Å². The maximum Gasteiger partial charge on any atom is 0.240 e. The molecule has 0 unspecified atom stereocenters. The molecule has 1 aromatic carbocycles. The van der Waals surface area contributed by atoms with E-state index in [2.05, 4.69) is 4.72 Å². The van der Waals surface area contributed by atoms with Gasteiger partial charge in [-0.05, 0) is 19.2 Å². The number of rotatable bonds is 4. The van der Waals surface area contributed by atoms with Crippen molar-refractivity contribution in [2.24, 2.45) is 0 Å². The molecule has 15 heavy (non-hydrogen) atoms. The van der Waals surface area contributed by atoms with Gasteiger partial charge in [-0.3, -0.25) is 4.79 Å². The molecule has 82 valence electrons. The Balaban J connectivity index is 3.06. The Hall–Kier alpha value is -0.910. The first-order valence-corrected chi connectivity index (χ1v) is 6.16. The van der Waals surface area contributed by atoms with Gasteiger partial charge in [-0.15, -0.1) is 11.6 Å². The van der Waals surface area contributed by atoms with Crippen molar-refractivity contribution in [1.29, 1.82) is 0 Å². The van der Waals surface area contributed by atoms with Crippen LogP contribution in [0.15, 0.2) is 29.2 Å². The van der Waals surface area contributed by atoms with Crippen LogP contribution in [0, 0.1) is 0 Å². The SMILES string of the molecule is CNS(=O)(=O)c1ccc(C(=O)CCl)cc1. The lowest BCUT2D eigenvalue weighted by molar-refractivity contribution is 0.102. The monoisotopic (exact) mass is 247 g/mol. The number of nitrogens with one attached hydrogen (secondary N) is 1. The Morgan fingerprint density at radius 3 is 2.27 bits per heavy atom. The minimum absolute atomic E-state index is 0.113. The lowest BCUT2D eigenvalue weighted by Gasteiger charge is -2.02. The summed E-state index contributed by atoms with van der Waals surface area (Å²) in [7, 11) is -2.12. The molecule has 0 atom stereocenters. The van der Waals surface area contributed by atoms with Crippen molar-refractivity contribution >= 4 is 27.4 Å². The highest BCUT2D eigenvalue weighted by Crippen LogP contribution is 2.10. The minimum atomic E-state index is -3.44. The van der Waals surface area contributed by atoms with Crippen LogP contribution in [0.2, 0.25) is 0 Å². The van der Waals surface area contributed by atoms with Gasteiger partial charge in [0, 0.05) is 5.56 Å². The molecule has 0 saturated carbocycles. The van der Waals surface area contributed by atoms with E-state index in [-0.39, 0.29) is 16.6 Å². The summed E-state index contributed by atoms with van der Waals surface area (Å²) in [4.78, 5) is 11.3. The third-order valence-corrected chi connectivity index (χ3v) is 3.55. The van der Waals surface area contributed by atoms with Crippen LogP contribution < -0.4 is 4.72 Å². The number of carbonyl (C=O) groups excluding carboxylic acids is 1. The van der Waals surface area contributed by atoms with E-state index in [0.717, 1.165) is 0 Å². The molecule has 1 aromatic rings. The fraction of sp³-hybridized carbons (Fsp3) is 0.222. The van der Waals surface area contributed by atoms with E-state index >= 15 is 0 Å². The summed E-state index contributed by atoms with van der Waals surface area (Å²) in [6.07, 6.45) is 0. The standard InChI is InChI=1S/C9H10ClNO3S/c1-11-15(13,14)8-4-2-7(3-5-8)9(12)6-10/h2-5,11H,6H2,1H3. The molecule has 1 N–H and O–H groups in total. The van der Waals surface area contributed by atoms with E-state index in [9.17, 15) is 13.2 Å². The zero-order valence-corrected chi connectivity index (χ0v) is 9.60. The Morgan fingerprint density at radius 2 is 1.87 bits per heavy atom. The summed E-state index contributed by atoms with van der Waals surface area (Å²) >= 11 is 5.36. The average molecular weight is 248 g/mol. The molecule has 0 spiro atoms. The Bertz CT molecular complexity index is 453. The van der Waals surface area contributed by atoms with Gasteiger partial charge in [-0.1, -0.05) is 12.1 Å². The number of ketones is 1. The maximum atomic E-state index is 11.3. The average Bonchev–Trinajstić information content (AvgIpc) is 2.28. The highest BCUT2D eigenvalue weighted by atomic mass is 35.5. The van der Waals surface area contributed by atoms with E-state index in [1.165, 1.54) is 31.3 Å². The van der Waals surface area contributed by atoms with Gasteiger partial charge < -0.3 is 0 Å². The summed E-state index contributed by atoms with van der Waals surface area (Å²) < 4.78 is 24.8. The zero-order chi connectivity index (χ0) is 11.5. The molecule has 1 rings (SSSR count). The highest BCUT2D eigenvalue weighted by Gasteiger charge is 2.11. The molecule has 0 radical (unpaired) electrons. The molecule has 0 saturated heterocycles. The van der Waals surface area contributed by atoms with Crippen LogP contribution in [-0.4, -0.2) is 27.1 Å². The van der Waals surface area contributed by atoms with Gasteiger partial charge in [0.05, 0.1) is 10.8 Å². The van der Waals surface area contributed by atoms with Gasteiger partial charge >= 0.3 is 0 Å². The molecule has 0 bridgehead atoms. The van der Waals surface area contributed by atoms with Gasteiger partial charge in [0.25, 0.3) is 0 Å². The first-order chi connectivity index (χ1) is 7.01. The van der Waals surface area contributed by atoms with E-state index in [0.29, 0.717) is 5.56 Å². The summed E-state index contributed by atoms with van der Waals surface area (Å²) in [5.41, 5.74) is 0.403. The third kappa shape index (κ3) is 2.77. The minimum Gasteiger partial charge on any atom is -0.293 e. The second kappa shape index (κ2) is 4.74. The smallest absolute Gasteiger partial charge is 0.240 e. The molecule has 0 fully saturated rings. The second-order valence-electron chi connectivity index (χ2n) is 2.79. The molecular formula is C9H10ClNO3S. The van der Waals surface area contributed by atoms with Crippen molar-refractivity contribution in [1.82, 2.24) is 4.72 Å². The van der Waals surface area contributed by atoms with E-state index in [1.54, 1.807) is 0 Å². The number of Topliss-reactive ketones (excluding diaryl/α,β-unsaturated/α-hetero) is 1. The van der Waals surface area contributed by atoms with Crippen molar-refractivity contribution in [3.63, 3.8) is 0 Å². The fourth-order valence-electron chi connectivity index (χ4n) is 1.01. The molecule has 0 aromatic heterocycles. The summed E-state index contributed by atoms with van der Waals surface area (Å²) in [6, 6.07) is 5.61. The lowest BCUT2D eigenvalue weighted by Crippen LogP contribution is -2.18. The van der Waals surface area contributed by atoms with Gasteiger partial charge in [0.1, 0.15) is 0 Å². The number of sulfonamides is 1. The molecule has 6 heteroatoms. The normalized spacial score (nSPS) is 11.3. The van der Waals surface area contributed by atoms with Crippen molar-refractivity contribution in [2.45, 2.75) is 4.90 Å². The fourth-order valence-corrected chi connectivity index (χ4v) is 1.90. The van der Waals surface area contributed by atoms with Crippen LogP contribution in [0.3, 0.4) is 0 Å². The predicted octanol–water partition coefficient (Wildman–Crippen LogP) is 1.02. The van der Waals surface area contributed by atoms with Gasteiger partial charge in [0.2, 0.25) is 10.0 Å². The molecule has 0 heterocycles. The molecule has 4 nitrogen and oxygen atoms in total. The van der Waals surface area contributed by atoms with Crippen molar-refractivity contribution in [3.8, 4) is 0 Å². The Kier molecular flexibility index (Phi) is 3.84. The van der Waals surface area contributed by atoms with Crippen LogP contribution in [0.4, 0.5) is 0 Å². The van der Waals surface area contributed by atoms with Crippen LogP contribution in [-0.2, 0) is 10.0 Å². The van der Waals surface area contributed by atoms with Crippen LogP contribution in [0.5, 0.6) is 0 Å². The van der Waals surface area contributed by atoms with Crippen molar-refractivity contribution < 1.29 is 13.2 Å². The summed E-state index contributed by atoms with van der Waals surface area (Å²) in [5, 5.41) is 0. The van der Waals surface area contributed by atoms with E-state index < -0.39 is 10.0 Å². The van der Waals surface area contributed by atoms with Crippen molar-refractivity contribution in [3.05, 3.63) is 29.8 Å². The zero-order valence-electron chi connectivity index (χ0n) is 8.03. The molecule has 0 aliphatic heterocycles. The van der Waals surface area contributed by atoms with Gasteiger partial charge in [-0.25, -0.2) is 13.1 Å². The number of carbonyl (C=O) groups is 1. The summed E-state index contributed by atoms with van der Waals surface area (Å²) in [6.45, 7) is 0. The molecule has 0 aliphatic rings. The number of benzene rings is 1. The van der Waals surface area contributed by atoms with E-state index in [4.69, 9.17) is 11.6 Å². The van der Waals surface area contributed by atoms with E-state index in [1.807, 2.05) is 0 Å². The number of hydrogen-bond donors (Lipinski definition) is 1. The lowest BCUT2D eigenvalue weighted by atomic mass is 10.1. The number of hydrogen-bond acceptors (Lipinski definition) is 3. The first kappa shape index (κ1) is 12.2. The van der Waals surface area contributed by atoms with Crippen LogP contribution in [0.25, 0.3) is 0 Å². The third-order valence-electron chi connectivity index (χ3n) is 1.88. The predicted molar refractivity (Wildman–Crippen MR) is 57.7 cm³/mol. The second-order valence-corrected chi connectivity index (χ2v) is 4.94. The molecular weight excluding hydrogens is 238 g/mol.